The first kappa shape index (κ1) is 19.3. The van der Waals surface area contributed by atoms with Crippen molar-refractivity contribution in [3.63, 3.8) is 0 Å². The Balaban J connectivity index is 1.74. The Morgan fingerprint density at radius 2 is 2.19 bits per heavy atom. The van der Waals surface area contributed by atoms with Gasteiger partial charge in [-0.05, 0) is 38.4 Å². The molecule has 0 amide bonds. The van der Waals surface area contributed by atoms with E-state index in [4.69, 9.17) is 9.47 Å². The van der Waals surface area contributed by atoms with E-state index in [9.17, 15) is 4.79 Å². The predicted molar refractivity (Wildman–Crippen MR) is 99.6 cm³/mol. The average Bonchev–Trinajstić information content (AvgIpc) is 2.90. The molecule has 3 heterocycles. The third-order valence-electron chi connectivity index (χ3n) is 5.75. The number of methoxy groups -OCH3 is 1. The topological polar surface area (TPSA) is 54.9 Å². The molecule has 2 fully saturated rings. The van der Waals surface area contributed by atoms with Crippen LogP contribution in [-0.4, -0.2) is 73.8 Å². The highest BCUT2D eigenvalue weighted by Crippen LogP contribution is 2.43. The van der Waals surface area contributed by atoms with E-state index in [1.165, 1.54) is 0 Å². The SMILES string of the molecule is CCOC(=O)[C@]12CCCN(Cc3ccccn3)C[C@H]1CN(CCOC)C2. The molecule has 0 unspecified atom stereocenters. The predicted octanol–water partition coefficient (Wildman–Crippen LogP) is 1.81. The fourth-order valence-electron chi connectivity index (χ4n) is 4.48. The maximum absolute atomic E-state index is 12.9. The summed E-state index contributed by atoms with van der Waals surface area (Å²) >= 11 is 0. The lowest BCUT2D eigenvalue weighted by atomic mass is 9.75. The van der Waals surface area contributed by atoms with Crippen molar-refractivity contribution in [1.29, 1.82) is 0 Å². The first-order valence-electron chi connectivity index (χ1n) is 9.68. The lowest BCUT2D eigenvalue weighted by Crippen LogP contribution is -2.42. The van der Waals surface area contributed by atoms with Gasteiger partial charge >= 0.3 is 5.97 Å². The number of nitrogens with zero attached hydrogens (tertiary/aromatic N) is 3. The van der Waals surface area contributed by atoms with Crippen LogP contribution in [0.5, 0.6) is 0 Å². The zero-order valence-corrected chi connectivity index (χ0v) is 16.0. The molecule has 6 nitrogen and oxygen atoms in total. The van der Waals surface area contributed by atoms with Crippen LogP contribution in [0.25, 0.3) is 0 Å². The number of fused-ring (bicyclic) bond motifs is 1. The molecule has 0 radical (unpaired) electrons. The second-order valence-corrected chi connectivity index (χ2v) is 7.46. The van der Waals surface area contributed by atoms with Gasteiger partial charge in [-0.25, -0.2) is 0 Å². The molecular formula is C20H31N3O3. The molecule has 0 bridgehead atoms. The van der Waals surface area contributed by atoms with Gasteiger partial charge in [0.2, 0.25) is 0 Å². The normalized spacial score (nSPS) is 27.1. The average molecular weight is 361 g/mol. The Morgan fingerprint density at radius 1 is 1.35 bits per heavy atom. The molecular weight excluding hydrogens is 330 g/mol. The van der Waals surface area contributed by atoms with E-state index >= 15 is 0 Å². The number of hydrogen-bond acceptors (Lipinski definition) is 6. The minimum Gasteiger partial charge on any atom is -0.466 e. The van der Waals surface area contributed by atoms with Gasteiger partial charge in [0.15, 0.2) is 0 Å². The second kappa shape index (κ2) is 8.93. The van der Waals surface area contributed by atoms with Crippen LogP contribution in [0.2, 0.25) is 0 Å². The monoisotopic (exact) mass is 361 g/mol. The van der Waals surface area contributed by atoms with Gasteiger partial charge in [-0.1, -0.05) is 6.07 Å². The van der Waals surface area contributed by atoms with Crippen LogP contribution in [-0.2, 0) is 20.8 Å². The zero-order valence-electron chi connectivity index (χ0n) is 16.0. The molecule has 6 heteroatoms. The number of aromatic nitrogens is 1. The van der Waals surface area contributed by atoms with Crippen LogP contribution in [0.1, 0.15) is 25.5 Å². The summed E-state index contributed by atoms with van der Waals surface area (Å²) in [5, 5.41) is 0. The number of hydrogen-bond donors (Lipinski definition) is 0. The molecule has 2 aliphatic rings. The molecule has 26 heavy (non-hydrogen) atoms. The summed E-state index contributed by atoms with van der Waals surface area (Å²) in [6, 6.07) is 6.05. The van der Waals surface area contributed by atoms with Crippen molar-refractivity contribution in [2.75, 3.05) is 53.0 Å². The minimum absolute atomic E-state index is 0.00963. The first-order chi connectivity index (χ1) is 12.7. The van der Waals surface area contributed by atoms with Crippen molar-refractivity contribution in [2.24, 2.45) is 11.3 Å². The van der Waals surface area contributed by atoms with E-state index < -0.39 is 0 Å². The van der Waals surface area contributed by atoms with Crippen LogP contribution in [0.4, 0.5) is 0 Å². The standard InChI is InChI=1S/C20H31N3O3/c1-3-26-19(24)20-8-6-10-22(15-18-7-4-5-9-21-18)13-17(20)14-23(16-20)11-12-25-2/h4-5,7,9,17H,3,6,8,10-16H2,1-2H3/t17-,20-/m0/s1. The van der Waals surface area contributed by atoms with Gasteiger partial charge in [0.25, 0.3) is 0 Å². The maximum atomic E-state index is 12.9. The van der Waals surface area contributed by atoms with Crippen molar-refractivity contribution in [3.05, 3.63) is 30.1 Å². The highest BCUT2D eigenvalue weighted by Gasteiger charge is 2.53. The molecule has 0 saturated carbocycles. The van der Waals surface area contributed by atoms with Crippen molar-refractivity contribution in [2.45, 2.75) is 26.3 Å². The number of carbonyl (C=O) groups is 1. The first-order valence-corrected chi connectivity index (χ1v) is 9.68. The molecule has 1 aromatic heterocycles. The highest BCUT2D eigenvalue weighted by atomic mass is 16.5. The largest absolute Gasteiger partial charge is 0.466 e. The highest BCUT2D eigenvalue weighted by molar-refractivity contribution is 5.78. The van der Waals surface area contributed by atoms with E-state index in [0.29, 0.717) is 19.1 Å². The number of carbonyl (C=O) groups excluding carboxylic acids is 1. The summed E-state index contributed by atoms with van der Waals surface area (Å²) in [5.41, 5.74) is 0.716. The molecule has 0 spiro atoms. The van der Waals surface area contributed by atoms with Gasteiger partial charge in [-0.3, -0.25) is 19.6 Å². The molecule has 3 rings (SSSR count). The summed E-state index contributed by atoms with van der Waals surface area (Å²) in [7, 11) is 1.73. The molecule has 0 aromatic carbocycles. The maximum Gasteiger partial charge on any atom is 0.313 e. The molecule has 0 aliphatic carbocycles. The van der Waals surface area contributed by atoms with Crippen molar-refractivity contribution in [3.8, 4) is 0 Å². The smallest absolute Gasteiger partial charge is 0.313 e. The minimum atomic E-state index is -0.372. The third-order valence-corrected chi connectivity index (χ3v) is 5.75. The Bertz CT molecular complexity index is 583. The van der Waals surface area contributed by atoms with Crippen molar-refractivity contribution >= 4 is 5.97 Å². The van der Waals surface area contributed by atoms with Gasteiger partial charge in [0, 0.05) is 51.9 Å². The van der Waals surface area contributed by atoms with Gasteiger partial charge in [-0.2, -0.15) is 0 Å². The Morgan fingerprint density at radius 3 is 2.92 bits per heavy atom. The summed E-state index contributed by atoms with van der Waals surface area (Å²) in [6.07, 6.45) is 3.76. The van der Waals surface area contributed by atoms with Crippen LogP contribution >= 0.6 is 0 Å². The number of likely N-dealkylation sites (tertiary alicyclic amines) is 2. The number of rotatable bonds is 7. The Labute approximate surface area is 156 Å². The number of esters is 1. The van der Waals surface area contributed by atoms with Crippen LogP contribution in [0.3, 0.4) is 0 Å². The van der Waals surface area contributed by atoms with Crippen molar-refractivity contribution in [1.82, 2.24) is 14.8 Å². The molecule has 2 atom stereocenters. The lowest BCUT2D eigenvalue weighted by molar-refractivity contribution is -0.157. The number of ether oxygens (including phenoxy) is 2. The van der Waals surface area contributed by atoms with Gasteiger partial charge in [0.05, 0.1) is 24.3 Å². The van der Waals surface area contributed by atoms with E-state index in [1.807, 2.05) is 25.3 Å². The van der Waals surface area contributed by atoms with Crippen LogP contribution in [0, 0.1) is 11.3 Å². The summed E-state index contributed by atoms with van der Waals surface area (Å²) in [4.78, 5) is 22.2. The molecule has 2 saturated heterocycles. The summed E-state index contributed by atoms with van der Waals surface area (Å²) in [5.74, 6) is 0.286. The summed E-state index contributed by atoms with van der Waals surface area (Å²) in [6.45, 7) is 8.39. The van der Waals surface area contributed by atoms with Gasteiger partial charge in [0.1, 0.15) is 0 Å². The quantitative estimate of drug-likeness (QED) is 0.691. The zero-order chi connectivity index (χ0) is 18.4. The summed E-state index contributed by atoms with van der Waals surface area (Å²) < 4.78 is 10.8. The van der Waals surface area contributed by atoms with Crippen molar-refractivity contribution < 1.29 is 14.3 Å². The fraction of sp³-hybridized carbons (Fsp3) is 0.700. The lowest BCUT2D eigenvalue weighted by Gasteiger charge is -2.31. The molecule has 144 valence electrons. The van der Waals surface area contributed by atoms with Gasteiger partial charge in [-0.15, -0.1) is 0 Å². The van der Waals surface area contributed by atoms with E-state index in [1.54, 1.807) is 7.11 Å². The fourth-order valence-corrected chi connectivity index (χ4v) is 4.48. The van der Waals surface area contributed by atoms with Gasteiger partial charge < -0.3 is 9.47 Å². The molecule has 2 aliphatic heterocycles. The second-order valence-electron chi connectivity index (χ2n) is 7.46. The van der Waals surface area contributed by atoms with Crippen LogP contribution in [0.15, 0.2) is 24.4 Å². The molecule has 0 N–H and O–H groups in total. The van der Waals surface area contributed by atoms with E-state index in [0.717, 1.165) is 57.8 Å². The van der Waals surface area contributed by atoms with Crippen LogP contribution < -0.4 is 0 Å². The Kier molecular flexibility index (Phi) is 6.62. The van der Waals surface area contributed by atoms with E-state index in [2.05, 4.69) is 20.9 Å². The third kappa shape index (κ3) is 4.24. The Hall–Kier alpha value is -1.50. The molecule has 1 aromatic rings. The number of pyridine rings is 1. The van der Waals surface area contributed by atoms with E-state index in [-0.39, 0.29) is 11.4 Å².